The van der Waals surface area contributed by atoms with Crippen LogP contribution in [0, 0.1) is 34.5 Å². The van der Waals surface area contributed by atoms with E-state index in [-0.39, 0.29) is 36.6 Å². The Bertz CT molecular complexity index is 1140. The molecule has 0 unspecified atom stereocenters. The lowest BCUT2D eigenvalue weighted by Crippen LogP contribution is -2.77. The van der Waals surface area contributed by atoms with Crippen molar-refractivity contribution in [2.45, 2.75) is 95.1 Å². The zero-order valence-electron chi connectivity index (χ0n) is 21.3. The summed E-state index contributed by atoms with van der Waals surface area (Å²) < 4.78 is 18.4. The number of fused-ring (bicyclic) bond motifs is 2. The van der Waals surface area contributed by atoms with E-state index in [1.165, 1.54) is 0 Å². The van der Waals surface area contributed by atoms with Gasteiger partial charge >= 0.3 is 5.97 Å². The van der Waals surface area contributed by atoms with Gasteiger partial charge in [-0.1, -0.05) is 19.9 Å². The van der Waals surface area contributed by atoms with Gasteiger partial charge in [-0.15, -0.1) is 0 Å². The second kappa shape index (κ2) is 6.70. The second-order valence-electron chi connectivity index (χ2n) is 12.9. The third-order valence-corrected chi connectivity index (χ3v) is 12.3. The average molecular weight is 501 g/mol. The highest BCUT2D eigenvalue weighted by Gasteiger charge is 2.82. The zero-order chi connectivity index (χ0) is 25.6. The average Bonchev–Trinajstić information content (AvgIpc) is 3.33. The van der Waals surface area contributed by atoms with Crippen LogP contribution >= 0.6 is 0 Å². The molecule has 0 aromatic heterocycles. The summed E-state index contributed by atoms with van der Waals surface area (Å²) in [6.45, 7) is 7.55. The molecule has 8 nitrogen and oxygen atoms in total. The third-order valence-electron chi connectivity index (χ3n) is 12.3. The molecule has 4 aliphatic carbocycles. The summed E-state index contributed by atoms with van der Waals surface area (Å²) >= 11 is 0. The largest absolute Gasteiger partial charge is 0.452 e. The fourth-order valence-electron chi connectivity index (χ4n) is 10.1. The van der Waals surface area contributed by atoms with Crippen molar-refractivity contribution in [2.24, 2.45) is 34.5 Å². The van der Waals surface area contributed by atoms with Crippen molar-refractivity contribution < 1.29 is 39.1 Å². The fourth-order valence-corrected chi connectivity index (χ4v) is 10.1. The maximum Gasteiger partial charge on any atom is 0.334 e. The van der Waals surface area contributed by atoms with Crippen LogP contribution in [0.25, 0.3) is 0 Å². The van der Waals surface area contributed by atoms with Gasteiger partial charge in [0, 0.05) is 17.9 Å². The van der Waals surface area contributed by atoms with Crippen LogP contribution in [0.3, 0.4) is 0 Å². The van der Waals surface area contributed by atoms with Crippen LogP contribution in [0.2, 0.25) is 0 Å². The predicted octanol–water partition coefficient (Wildman–Crippen LogP) is 1.80. The van der Waals surface area contributed by atoms with E-state index in [4.69, 9.17) is 14.2 Å². The third kappa shape index (κ3) is 2.21. The van der Waals surface area contributed by atoms with Crippen LogP contribution in [-0.2, 0) is 23.8 Å². The standard InChI is InChI=1S/C28H36O8/c1-13-14(2)23(30)35-21(13)22-15(3)26(31)9-7-17-16-10-20-27(32)8-5-6-19(29)25(27,12-34-20)18(16)11-28(33,36-22)24(17,26)4/h5-6,15-18,20-22,31-33H,7-12H2,1-4H3/t15-,16+,17+,18+,20-,21+,22+,24+,25+,26-,27+,28+/m1/s1. The summed E-state index contributed by atoms with van der Waals surface area (Å²) in [5, 5.41) is 36.8. The maximum atomic E-state index is 13.6. The minimum absolute atomic E-state index is 0.00746. The molecule has 36 heavy (non-hydrogen) atoms. The van der Waals surface area contributed by atoms with Crippen molar-refractivity contribution in [1.82, 2.24) is 0 Å². The minimum Gasteiger partial charge on any atom is -0.452 e. The van der Waals surface area contributed by atoms with Crippen molar-refractivity contribution >= 4 is 11.8 Å². The molecule has 196 valence electrons. The summed E-state index contributed by atoms with van der Waals surface area (Å²) in [4.78, 5) is 25.9. The molecule has 3 heterocycles. The van der Waals surface area contributed by atoms with Crippen LogP contribution in [0.5, 0.6) is 0 Å². The van der Waals surface area contributed by atoms with Gasteiger partial charge in [0.15, 0.2) is 17.7 Å². The summed E-state index contributed by atoms with van der Waals surface area (Å²) in [5.74, 6) is -3.17. The normalized spacial score (nSPS) is 59.0. The molecule has 0 spiro atoms. The van der Waals surface area contributed by atoms with Gasteiger partial charge in [0.05, 0.1) is 29.1 Å². The van der Waals surface area contributed by atoms with E-state index in [0.717, 1.165) is 5.57 Å². The van der Waals surface area contributed by atoms with E-state index < -0.39 is 58.0 Å². The topological polar surface area (TPSA) is 123 Å². The smallest absolute Gasteiger partial charge is 0.334 e. The summed E-state index contributed by atoms with van der Waals surface area (Å²) in [6, 6.07) is 0. The molecule has 0 amide bonds. The van der Waals surface area contributed by atoms with E-state index >= 15 is 0 Å². The first-order valence-electron chi connectivity index (χ1n) is 13.4. The SMILES string of the molecule is CC1=C(C)[C@@H]([C@H]2O[C@@]3(O)C[C@H]4[C@@H](C[C@H]5OC[C@@]46C(=O)C=CC[C@]56O)[C@@H]4CC[C@@](O)([C@@H]2C)[C@]43C)OC1=O. The van der Waals surface area contributed by atoms with Crippen molar-refractivity contribution in [3.8, 4) is 0 Å². The van der Waals surface area contributed by atoms with Crippen LogP contribution in [0.1, 0.15) is 59.8 Å². The van der Waals surface area contributed by atoms with Gasteiger partial charge in [0.2, 0.25) is 0 Å². The Labute approximate surface area is 210 Å². The lowest BCUT2D eigenvalue weighted by Gasteiger charge is -2.68. The molecule has 3 N–H and O–H groups in total. The number of hydrogen-bond acceptors (Lipinski definition) is 8. The molecule has 12 atom stereocenters. The Morgan fingerprint density at radius 3 is 2.53 bits per heavy atom. The Kier molecular flexibility index (Phi) is 4.38. The monoisotopic (exact) mass is 500 g/mol. The van der Waals surface area contributed by atoms with Crippen LogP contribution < -0.4 is 0 Å². The lowest BCUT2D eigenvalue weighted by molar-refractivity contribution is -0.416. The van der Waals surface area contributed by atoms with E-state index in [0.29, 0.717) is 31.3 Å². The first-order valence-corrected chi connectivity index (χ1v) is 13.4. The van der Waals surface area contributed by atoms with E-state index in [1.54, 1.807) is 19.1 Å². The number of aliphatic hydroxyl groups is 3. The molecule has 3 saturated carbocycles. The molecule has 2 bridgehead atoms. The van der Waals surface area contributed by atoms with Gasteiger partial charge in [-0.2, -0.15) is 0 Å². The van der Waals surface area contributed by atoms with E-state index in [1.807, 2.05) is 20.8 Å². The molecule has 0 aromatic rings. The molecule has 3 aliphatic heterocycles. The maximum absolute atomic E-state index is 13.6. The first kappa shape index (κ1) is 23.5. The van der Waals surface area contributed by atoms with Crippen LogP contribution in [0.15, 0.2) is 23.3 Å². The summed E-state index contributed by atoms with van der Waals surface area (Å²) in [5.41, 5.74) is -3.39. The van der Waals surface area contributed by atoms with Crippen molar-refractivity contribution in [1.29, 1.82) is 0 Å². The zero-order valence-corrected chi connectivity index (χ0v) is 21.3. The quantitative estimate of drug-likeness (QED) is 0.466. The summed E-state index contributed by atoms with van der Waals surface area (Å²) in [6.07, 6.45) is 3.64. The van der Waals surface area contributed by atoms with Gasteiger partial charge in [-0.05, 0) is 68.9 Å². The Morgan fingerprint density at radius 1 is 1.08 bits per heavy atom. The summed E-state index contributed by atoms with van der Waals surface area (Å²) in [7, 11) is 0. The number of ether oxygens (including phenoxy) is 3. The fraction of sp³-hybridized carbons (Fsp3) is 0.786. The molecule has 7 rings (SSSR count). The Hall–Kier alpha value is -1.58. The predicted molar refractivity (Wildman–Crippen MR) is 125 cm³/mol. The number of carbonyl (C=O) groups is 2. The molecular weight excluding hydrogens is 464 g/mol. The molecule has 8 heteroatoms. The molecule has 0 radical (unpaired) electrons. The van der Waals surface area contributed by atoms with Gasteiger partial charge in [-0.25, -0.2) is 4.79 Å². The van der Waals surface area contributed by atoms with Crippen molar-refractivity contribution in [2.75, 3.05) is 6.61 Å². The van der Waals surface area contributed by atoms with Crippen LogP contribution in [0.4, 0.5) is 0 Å². The highest BCUT2D eigenvalue weighted by molar-refractivity contribution is 5.98. The second-order valence-corrected chi connectivity index (χ2v) is 12.9. The Morgan fingerprint density at radius 2 is 1.83 bits per heavy atom. The Balaban J connectivity index is 1.36. The highest BCUT2D eigenvalue weighted by atomic mass is 16.7. The van der Waals surface area contributed by atoms with Gasteiger partial charge in [0.1, 0.15) is 11.7 Å². The number of allylic oxidation sites excluding steroid dienone is 1. The molecule has 7 aliphatic rings. The number of cyclic esters (lactones) is 1. The van der Waals surface area contributed by atoms with E-state index in [9.17, 15) is 24.9 Å². The van der Waals surface area contributed by atoms with Gasteiger partial charge in [-0.3, -0.25) is 4.79 Å². The molecule has 2 saturated heterocycles. The molecular formula is C28H36O8. The number of hydrogen-bond donors (Lipinski definition) is 3. The molecule has 0 aromatic carbocycles. The molecule has 5 fully saturated rings. The minimum atomic E-state index is -1.77. The van der Waals surface area contributed by atoms with Crippen molar-refractivity contribution in [3.63, 3.8) is 0 Å². The van der Waals surface area contributed by atoms with Gasteiger partial charge in [0.25, 0.3) is 0 Å². The number of esters is 1. The lowest BCUT2D eigenvalue weighted by atomic mass is 9.41. The van der Waals surface area contributed by atoms with Crippen molar-refractivity contribution in [3.05, 3.63) is 23.3 Å². The number of carbonyl (C=O) groups excluding carboxylic acids is 2. The number of ketones is 1. The first-order chi connectivity index (χ1) is 16.9. The highest BCUT2D eigenvalue weighted by Crippen LogP contribution is 2.75. The van der Waals surface area contributed by atoms with Crippen LogP contribution in [-0.4, -0.2) is 69.0 Å². The van der Waals surface area contributed by atoms with Gasteiger partial charge < -0.3 is 29.5 Å². The number of rotatable bonds is 1. The van der Waals surface area contributed by atoms with E-state index in [2.05, 4.69) is 0 Å².